The van der Waals surface area contributed by atoms with Gasteiger partial charge in [0.05, 0.1) is 18.4 Å². The van der Waals surface area contributed by atoms with Gasteiger partial charge in [-0.1, -0.05) is 26.7 Å². The van der Waals surface area contributed by atoms with E-state index in [9.17, 15) is 0 Å². The van der Waals surface area contributed by atoms with Crippen LogP contribution in [-0.2, 0) is 11.3 Å². The number of imidazole rings is 1. The average molecular weight is 265 g/mol. The number of anilines is 1. The van der Waals surface area contributed by atoms with Crippen molar-refractivity contribution in [1.29, 1.82) is 0 Å². The van der Waals surface area contributed by atoms with Gasteiger partial charge in [-0.05, 0) is 25.7 Å². The summed E-state index contributed by atoms with van der Waals surface area (Å²) in [7, 11) is 0. The lowest BCUT2D eigenvalue weighted by molar-refractivity contribution is 0.0532. The van der Waals surface area contributed by atoms with Gasteiger partial charge in [0.15, 0.2) is 0 Å². The second kappa shape index (κ2) is 6.94. The van der Waals surface area contributed by atoms with Crippen LogP contribution in [0.2, 0.25) is 0 Å². The van der Waals surface area contributed by atoms with Gasteiger partial charge in [-0.3, -0.25) is 0 Å². The molecule has 1 fully saturated rings. The van der Waals surface area contributed by atoms with E-state index in [4.69, 9.17) is 4.74 Å². The predicted octanol–water partition coefficient (Wildman–Crippen LogP) is 3.22. The summed E-state index contributed by atoms with van der Waals surface area (Å²) in [5.74, 6) is 1.60. The van der Waals surface area contributed by atoms with E-state index in [1.807, 2.05) is 6.92 Å². The maximum atomic E-state index is 5.92. The summed E-state index contributed by atoms with van der Waals surface area (Å²) in [4.78, 5) is 4.53. The lowest BCUT2D eigenvalue weighted by Gasteiger charge is -2.14. The topological polar surface area (TPSA) is 39.1 Å². The summed E-state index contributed by atoms with van der Waals surface area (Å²) in [5.41, 5.74) is 1.06. The summed E-state index contributed by atoms with van der Waals surface area (Å²) in [6, 6.07) is 0. The molecule has 0 amide bonds. The SMILES string of the molecule is Cc1cn(CCOC2CCCC2)c(NCC(C)C)n1. The molecule has 1 N–H and O–H groups in total. The van der Waals surface area contributed by atoms with Crippen molar-refractivity contribution in [2.24, 2.45) is 5.92 Å². The molecule has 0 aliphatic heterocycles. The van der Waals surface area contributed by atoms with Crippen LogP contribution in [0.5, 0.6) is 0 Å². The van der Waals surface area contributed by atoms with E-state index in [1.54, 1.807) is 0 Å². The van der Waals surface area contributed by atoms with Crippen LogP contribution in [0.1, 0.15) is 45.2 Å². The zero-order valence-corrected chi connectivity index (χ0v) is 12.5. The van der Waals surface area contributed by atoms with Crippen molar-refractivity contribution in [3.05, 3.63) is 11.9 Å². The molecular formula is C15H27N3O. The van der Waals surface area contributed by atoms with Crippen molar-refractivity contribution >= 4 is 5.95 Å². The highest BCUT2D eigenvalue weighted by Crippen LogP contribution is 2.21. The number of nitrogens with one attached hydrogen (secondary N) is 1. The molecule has 1 aromatic heterocycles. The molecule has 0 spiro atoms. The van der Waals surface area contributed by atoms with Gasteiger partial charge >= 0.3 is 0 Å². The third-order valence-corrected chi connectivity index (χ3v) is 3.55. The summed E-state index contributed by atoms with van der Waals surface area (Å²) in [6.07, 6.45) is 7.73. The first-order valence-corrected chi connectivity index (χ1v) is 7.54. The van der Waals surface area contributed by atoms with Gasteiger partial charge < -0.3 is 14.6 Å². The van der Waals surface area contributed by atoms with Gasteiger partial charge in [0, 0.05) is 19.3 Å². The Morgan fingerprint density at radius 2 is 2.16 bits per heavy atom. The maximum absolute atomic E-state index is 5.92. The zero-order valence-electron chi connectivity index (χ0n) is 12.5. The Bertz CT molecular complexity index is 381. The Labute approximate surface area is 116 Å². The average Bonchev–Trinajstić information content (AvgIpc) is 2.97. The van der Waals surface area contributed by atoms with E-state index in [-0.39, 0.29) is 0 Å². The summed E-state index contributed by atoms with van der Waals surface area (Å²) in [5, 5.41) is 3.41. The molecule has 2 rings (SSSR count). The van der Waals surface area contributed by atoms with E-state index >= 15 is 0 Å². The van der Waals surface area contributed by atoms with E-state index in [2.05, 4.69) is 34.9 Å². The fourth-order valence-electron chi connectivity index (χ4n) is 2.53. The highest BCUT2D eigenvalue weighted by Gasteiger charge is 2.15. The maximum Gasteiger partial charge on any atom is 0.203 e. The predicted molar refractivity (Wildman–Crippen MR) is 78.5 cm³/mol. The number of ether oxygens (including phenoxy) is 1. The Morgan fingerprint density at radius 1 is 1.42 bits per heavy atom. The number of aryl methyl sites for hydroxylation is 1. The first-order chi connectivity index (χ1) is 9.15. The van der Waals surface area contributed by atoms with Crippen molar-refractivity contribution in [3.8, 4) is 0 Å². The van der Waals surface area contributed by atoms with Gasteiger partial charge in [0.2, 0.25) is 5.95 Å². The molecule has 0 radical (unpaired) electrons. The molecular weight excluding hydrogens is 238 g/mol. The van der Waals surface area contributed by atoms with Crippen LogP contribution in [-0.4, -0.2) is 28.8 Å². The molecule has 0 atom stereocenters. The minimum Gasteiger partial charge on any atom is -0.376 e. The minimum absolute atomic E-state index is 0.497. The number of rotatable bonds is 7. The van der Waals surface area contributed by atoms with Crippen molar-refractivity contribution in [2.45, 2.75) is 59.1 Å². The Kier molecular flexibility index (Phi) is 5.25. The van der Waals surface area contributed by atoms with Crippen LogP contribution >= 0.6 is 0 Å². The smallest absolute Gasteiger partial charge is 0.203 e. The Morgan fingerprint density at radius 3 is 2.84 bits per heavy atom. The monoisotopic (exact) mass is 265 g/mol. The van der Waals surface area contributed by atoms with Gasteiger partial charge in [0.1, 0.15) is 0 Å². The van der Waals surface area contributed by atoms with Crippen LogP contribution in [0.3, 0.4) is 0 Å². The van der Waals surface area contributed by atoms with Crippen molar-refractivity contribution in [1.82, 2.24) is 9.55 Å². The van der Waals surface area contributed by atoms with Crippen LogP contribution in [0.25, 0.3) is 0 Å². The third-order valence-electron chi connectivity index (χ3n) is 3.55. The van der Waals surface area contributed by atoms with E-state index in [0.717, 1.165) is 31.3 Å². The van der Waals surface area contributed by atoms with Gasteiger partial charge in [0.25, 0.3) is 0 Å². The molecule has 0 saturated heterocycles. The van der Waals surface area contributed by atoms with Gasteiger partial charge in [-0.15, -0.1) is 0 Å². The molecule has 4 heteroatoms. The number of hydrogen-bond donors (Lipinski definition) is 1. The molecule has 4 nitrogen and oxygen atoms in total. The Balaban J connectivity index is 1.80. The summed E-state index contributed by atoms with van der Waals surface area (Å²) in [6.45, 7) is 9.08. The van der Waals surface area contributed by atoms with Gasteiger partial charge in [-0.2, -0.15) is 0 Å². The molecule has 0 bridgehead atoms. The number of hydrogen-bond acceptors (Lipinski definition) is 3. The molecule has 1 aliphatic carbocycles. The largest absolute Gasteiger partial charge is 0.376 e. The van der Waals surface area contributed by atoms with Gasteiger partial charge in [-0.25, -0.2) is 4.98 Å². The second-order valence-electron chi connectivity index (χ2n) is 5.95. The van der Waals surface area contributed by atoms with E-state index in [1.165, 1.54) is 25.7 Å². The molecule has 0 aromatic carbocycles. The molecule has 108 valence electrons. The van der Waals surface area contributed by atoms with E-state index in [0.29, 0.717) is 12.0 Å². The quantitative estimate of drug-likeness (QED) is 0.822. The third kappa shape index (κ3) is 4.53. The van der Waals surface area contributed by atoms with Crippen molar-refractivity contribution in [3.63, 3.8) is 0 Å². The zero-order chi connectivity index (χ0) is 13.7. The molecule has 1 aliphatic rings. The summed E-state index contributed by atoms with van der Waals surface area (Å²) < 4.78 is 8.09. The molecule has 1 aromatic rings. The standard InChI is InChI=1S/C15H27N3O/c1-12(2)10-16-15-17-13(3)11-18(15)8-9-19-14-6-4-5-7-14/h11-12,14H,4-10H2,1-3H3,(H,16,17). The first kappa shape index (κ1) is 14.4. The van der Waals surface area contributed by atoms with Crippen molar-refractivity contribution in [2.75, 3.05) is 18.5 Å². The fraction of sp³-hybridized carbons (Fsp3) is 0.800. The molecule has 19 heavy (non-hydrogen) atoms. The normalized spacial score (nSPS) is 16.4. The fourth-order valence-corrected chi connectivity index (χ4v) is 2.53. The van der Waals surface area contributed by atoms with Crippen LogP contribution < -0.4 is 5.32 Å². The lowest BCUT2D eigenvalue weighted by atomic mass is 10.2. The summed E-state index contributed by atoms with van der Waals surface area (Å²) >= 11 is 0. The van der Waals surface area contributed by atoms with E-state index < -0.39 is 0 Å². The minimum atomic E-state index is 0.497. The molecule has 1 heterocycles. The van der Waals surface area contributed by atoms with Crippen LogP contribution in [0.4, 0.5) is 5.95 Å². The second-order valence-corrected chi connectivity index (χ2v) is 5.95. The number of nitrogens with zero attached hydrogens (tertiary/aromatic N) is 2. The highest BCUT2D eigenvalue weighted by molar-refractivity contribution is 5.28. The Hall–Kier alpha value is -1.03. The van der Waals surface area contributed by atoms with Crippen LogP contribution in [0.15, 0.2) is 6.20 Å². The first-order valence-electron chi connectivity index (χ1n) is 7.54. The molecule has 0 unspecified atom stereocenters. The lowest BCUT2D eigenvalue weighted by Crippen LogP contribution is -2.16. The molecule has 1 saturated carbocycles. The van der Waals surface area contributed by atoms with Crippen molar-refractivity contribution < 1.29 is 4.74 Å². The number of aromatic nitrogens is 2. The van der Waals surface area contributed by atoms with Crippen LogP contribution in [0, 0.1) is 12.8 Å². The highest BCUT2D eigenvalue weighted by atomic mass is 16.5.